The van der Waals surface area contributed by atoms with Crippen LogP contribution in [0.25, 0.3) is 11.0 Å². The maximum absolute atomic E-state index is 12.3. The Labute approximate surface area is 103 Å². The molecule has 2 heterocycles. The monoisotopic (exact) mass is 341 g/mol. The number of hydrogen-bond acceptors (Lipinski definition) is 2. The third-order valence-corrected chi connectivity index (χ3v) is 3.01. The molecule has 0 saturated heterocycles. The van der Waals surface area contributed by atoms with Crippen LogP contribution in [0.3, 0.4) is 0 Å². The van der Waals surface area contributed by atoms with Crippen molar-refractivity contribution in [3.63, 3.8) is 0 Å². The highest BCUT2D eigenvalue weighted by Crippen LogP contribution is 2.27. The Kier molecular flexibility index (Phi) is 2.72. The fraction of sp³-hybridized carbons (Fsp3) is 0.222. The van der Waals surface area contributed by atoms with Crippen molar-refractivity contribution in [3.8, 4) is 0 Å². The highest BCUT2D eigenvalue weighted by Gasteiger charge is 2.29. The predicted molar refractivity (Wildman–Crippen MR) is 62.9 cm³/mol. The van der Waals surface area contributed by atoms with Gasteiger partial charge in [0.2, 0.25) is 0 Å². The van der Waals surface area contributed by atoms with E-state index in [0.717, 1.165) is 4.57 Å². The van der Waals surface area contributed by atoms with Crippen LogP contribution >= 0.6 is 22.6 Å². The van der Waals surface area contributed by atoms with Crippen LogP contribution in [0.5, 0.6) is 0 Å². The van der Waals surface area contributed by atoms with Crippen molar-refractivity contribution in [2.75, 3.05) is 5.73 Å². The van der Waals surface area contributed by atoms with Crippen LogP contribution in [0.1, 0.15) is 0 Å². The Bertz CT molecular complexity index is 533. The molecule has 2 aromatic rings. The average Bonchev–Trinajstić information content (AvgIpc) is 2.44. The Morgan fingerprint density at radius 3 is 2.75 bits per heavy atom. The molecule has 0 aliphatic carbocycles. The van der Waals surface area contributed by atoms with Crippen LogP contribution in [-0.4, -0.2) is 15.7 Å². The molecule has 2 N–H and O–H groups in total. The van der Waals surface area contributed by atoms with Gasteiger partial charge in [-0.05, 0) is 34.7 Å². The quantitative estimate of drug-likeness (QED) is 0.811. The van der Waals surface area contributed by atoms with Gasteiger partial charge in [-0.3, -0.25) is 0 Å². The molecule has 16 heavy (non-hydrogen) atoms. The summed E-state index contributed by atoms with van der Waals surface area (Å²) >= 11 is 1.84. The molecule has 0 aliphatic heterocycles. The van der Waals surface area contributed by atoms with E-state index in [1.165, 1.54) is 6.20 Å². The third kappa shape index (κ3) is 2.08. The van der Waals surface area contributed by atoms with E-state index < -0.39 is 12.7 Å². The average molecular weight is 341 g/mol. The van der Waals surface area contributed by atoms with Crippen molar-refractivity contribution in [3.05, 3.63) is 22.0 Å². The van der Waals surface area contributed by atoms with Gasteiger partial charge in [0.15, 0.2) is 0 Å². The fourth-order valence-corrected chi connectivity index (χ4v) is 2.18. The molecule has 0 aromatic carbocycles. The van der Waals surface area contributed by atoms with Gasteiger partial charge in [-0.25, -0.2) is 4.98 Å². The molecule has 0 amide bonds. The second-order valence-electron chi connectivity index (χ2n) is 3.31. The molecule has 7 heteroatoms. The van der Waals surface area contributed by atoms with Gasteiger partial charge in [-0.2, -0.15) is 13.2 Å². The van der Waals surface area contributed by atoms with Gasteiger partial charge in [0.1, 0.15) is 12.2 Å². The normalized spacial score (nSPS) is 12.2. The number of nitrogens with two attached hydrogens (primary N) is 1. The molecule has 0 spiro atoms. The first-order valence-electron chi connectivity index (χ1n) is 4.34. The number of hydrogen-bond donors (Lipinski definition) is 1. The molecule has 2 aromatic heterocycles. The summed E-state index contributed by atoms with van der Waals surface area (Å²) in [5.41, 5.74) is 6.36. The maximum Gasteiger partial charge on any atom is 0.406 e. The summed E-state index contributed by atoms with van der Waals surface area (Å²) in [4.78, 5) is 3.93. The number of anilines is 1. The number of rotatable bonds is 1. The molecule has 0 saturated carbocycles. The number of nitrogen functional groups attached to an aromatic ring is 1. The van der Waals surface area contributed by atoms with Gasteiger partial charge in [0.05, 0.1) is 3.70 Å². The van der Waals surface area contributed by atoms with E-state index in [2.05, 4.69) is 4.98 Å². The first kappa shape index (κ1) is 11.5. The summed E-state index contributed by atoms with van der Waals surface area (Å²) in [5.74, 6) is 0. The summed E-state index contributed by atoms with van der Waals surface area (Å²) in [6.07, 6.45) is -2.86. The van der Waals surface area contributed by atoms with Crippen molar-refractivity contribution in [2.24, 2.45) is 0 Å². The first-order valence-corrected chi connectivity index (χ1v) is 5.42. The van der Waals surface area contributed by atoms with Crippen molar-refractivity contribution in [1.29, 1.82) is 0 Å². The molecular weight excluding hydrogens is 334 g/mol. The number of alkyl halides is 3. The SMILES string of the molecule is Nc1ccnc2c1cc(I)n2CC(F)(F)F. The van der Waals surface area contributed by atoms with Crippen LogP contribution < -0.4 is 5.73 Å². The second kappa shape index (κ2) is 3.79. The van der Waals surface area contributed by atoms with Crippen LogP contribution in [0.15, 0.2) is 18.3 Å². The second-order valence-corrected chi connectivity index (χ2v) is 4.41. The lowest BCUT2D eigenvalue weighted by Crippen LogP contribution is -2.18. The molecule has 0 fully saturated rings. The van der Waals surface area contributed by atoms with Gasteiger partial charge in [0.25, 0.3) is 0 Å². The highest BCUT2D eigenvalue weighted by molar-refractivity contribution is 14.1. The van der Waals surface area contributed by atoms with E-state index >= 15 is 0 Å². The highest BCUT2D eigenvalue weighted by atomic mass is 127. The minimum absolute atomic E-state index is 0.265. The van der Waals surface area contributed by atoms with Gasteiger partial charge in [-0.15, -0.1) is 0 Å². The van der Waals surface area contributed by atoms with Crippen molar-refractivity contribution >= 4 is 39.3 Å². The number of halogens is 4. The van der Waals surface area contributed by atoms with Crippen molar-refractivity contribution < 1.29 is 13.2 Å². The minimum Gasteiger partial charge on any atom is -0.398 e. The zero-order valence-electron chi connectivity index (χ0n) is 7.92. The van der Waals surface area contributed by atoms with Crippen LogP contribution in [0.2, 0.25) is 0 Å². The predicted octanol–water partition coefficient (Wildman–Crippen LogP) is 2.79. The number of aromatic nitrogens is 2. The van der Waals surface area contributed by atoms with E-state index in [1.54, 1.807) is 12.1 Å². The van der Waals surface area contributed by atoms with Gasteiger partial charge in [0, 0.05) is 17.3 Å². The number of pyridine rings is 1. The Hall–Kier alpha value is -0.990. The van der Waals surface area contributed by atoms with E-state index in [1.807, 2.05) is 22.6 Å². The molecule has 2 rings (SSSR count). The molecule has 0 unspecified atom stereocenters. The minimum atomic E-state index is -4.27. The summed E-state index contributed by atoms with van der Waals surface area (Å²) in [7, 11) is 0. The Morgan fingerprint density at radius 2 is 2.12 bits per heavy atom. The van der Waals surface area contributed by atoms with Gasteiger partial charge < -0.3 is 10.3 Å². The number of fused-ring (bicyclic) bond motifs is 1. The third-order valence-electron chi connectivity index (χ3n) is 2.12. The summed E-state index contributed by atoms with van der Waals surface area (Å²) in [6.45, 7) is -1.05. The molecule has 0 bridgehead atoms. The lowest BCUT2D eigenvalue weighted by molar-refractivity contribution is -0.140. The zero-order chi connectivity index (χ0) is 11.9. The number of nitrogens with zero attached hydrogens (tertiary/aromatic N) is 2. The zero-order valence-corrected chi connectivity index (χ0v) is 10.1. The van der Waals surface area contributed by atoms with E-state index in [0.29, 0.717) is 14.8 Å². The van der Waals surface area contributed by atoms with Gasteiger partial charge in [-0.1, -0.05) is 0 Å². The summed E-state index contributed by atoms with van der Waals surface area (Å²) in [6, 6.07) is 3.17. The molecule has 0 atom stereocenters. The van der Waals surface area contributed by atoms with Crippen molar-refractivity contribution in [2.45, 2.75) is 12.7 Å². The molecule has 0 aliphatic rings. The first-order chi connectivity index (χ1) is 7.38. The topological polar surface area (TPSA) is 43.8 Å². The van der Waals surface area contributed by atoms with E-state index in [9.17, 15) is 13.2 Å². The fourth-order valence-electron chi connectivity index (χ4n) is 1.47. The van der Waals surface area contributed by atoms with Gasteiger partial charge >= 0.3 is 6.18 Å². The summed E-state index contributed by atoms with van der Waals surface area (Å²) in [5, 5.41) is 0.552. The molecule has 3 nitrogen and oxygen atoms in total. The maximum atomic E-state index is 12.3. The van der Waals surface area contributed by atoms with E-state index in [4.69, 9.17) is 5.73 Å². The summed E-state index contributed by atoms with van der Waals surface area (Å²) < 4.78 is 38.6. The molecule has 0 radical (unpaired) electrons. The lowest BCUT2D eigenvalue weighted by atomic mass is 10.3. The smallest absolute Gasteiger partial charge is 0.398 e. The Balaban J connectivity index is 2.61. The van der Waals surface area contributed by atoms with Crippen molar-refractivity contribution in [1.82, 2.24) is 9.55 Å². The van der Waals surface area contributed by atoms with Crippen LogP contribution in [0, 0.1) is 3.70 Å². The van der Waals surface area contributed by atoms with Crippen LogP contribution in [-0.2, 0) is 6.54 Å². The molecular formula is C9H7F3IN3. The van der Waals surface area contributed by atoms with E-state index in [-0.39, 0.29) is 5.65 Å². The molecule has 86 valence electrons. The Morgan fingerprint density at radius 1 is 1.44 bits per heavy atom. The standard InChI is InChI=1S/C9H7F3IN3/c10-9(11,12)4-16-7(13)3-5-6(14)1-2-15-8(5)16/h1-3H,4H2,(H2,14,15). The lowest BCUT2D eigenvalue weighted by Gasteiger charge is -2.09. The largest absolute Gasteiger partial charge is 0.406 e. The van der Waals surface area contributed by atoms with Crippen LogP contribution in [0.4, 0.5) is 18.9 Å².